The summed E-state index contributed by atoms with van der Waals surface area (Å²) in [6.07, 6.45) is 6.03. The lowest BCUT2D eigenvalue weighted by atomic mass is 10.1. The highest BCUT2D eigenvalue weighted by atomic mass is 16.5. The summed E-state index contributed by atoms with van der Waals surface area (Å²) in [6.45, 7) is 7.09. The van der Waals surface area contributed by atoms with E-state index in [0.29, 0.717) is 29.2 Å². The molecule has 0 radical (unpaired) electrons. The number of pyridine rings is 2. The van der Waals surface area contributed by atoms with E-state index in [1.165, 1.54) is 25.9 Å². The maximum absolute atomic E-state index is 12.8. The molecule has 3 aromatic heterocycles. The number of fused-ring (bicyclic) bond motifs is 2. The zero-order valence-electron chi connectivity index (χ0n) is 19.3. The molecule has 0 saturated carbocycles. The number of likely N-dealkylation sites (tertiary alicyclic amines) is 1. The number of nitrogens with two attached hydrogens (primary N) is 1. The monoisotopic (exact) mass is 459 g/mol. The fourth-order valence-corrected chi connectivity index (χ4v) is 5.24. The molecule has 2 atom stereocenters. The van der Waals surface area contributed by atoms with Gasteiger partial charge >= 0.3 is 0 Å². The highest BCUT2D eigenvalue weighted by Crippen LogP contribution is 2.30. The summed E-state index contributed by atoms with van der Waals surface area (Å²) in [5.74, 6) is 0.464. The maximum Gasteiger partial charge on any atom is 0.261 e. The van der Waals surface area contributed by atoms with Gasteiger partial charge in [0.2, 0.25) is 0 Å². The highest BCUT2D eigenvalue weighted by molar-refractivity contribution is 5.97. The SMILES string of the molecule is C[C@@H]1CO[C@H](CN2CCCC2)CN1c1ccc2nc(-c3c(N)c4ccncc4[nH]c3=O)[nH]c2c1. The first-order chi connectivity index (χ1) is 16.6. The Balaban J connectivity index is 1.32. The van der Waals surface area contributed by atoms with Gasteiger partial charge in [0.25, 0.3) is 5.56 Å². The lowest BCUT2D eigenvalue weighted by Crippen LogP contribution is -2.51. The first kappa shape index (κ1) is 21.1. The molecule has 9 heteroatoms. The van der Waals surface area contributed by atoms with Crippen LogP contribution in [0.1, 0.15) is 19.8 Å². The smallest absolute Gasteiger partial charge is 0.261 e. The van der Waals surface area contributed by atoms with Crippen molar-refractivity contribution in [3.05, 3.63) is 47.0 Å². The molecule has 5 heterocycles. The molecule has 2 saturated heterocycles. The Labute approximate surface area is 196 Å². The topological polar surface area (TPSA) is 116 Å². The van der Waals surface area contributed by atoms with Gasteiger partial charge in [0.1, 0.15) is 11.4 Å². The van der Waals surface area contributed by atoms with E-state index >= 15 is 0 Å². The molecule has 2 fully saturated rings. The maximum atomic E-state index is 12.8. The summed E-state index contributed by atoms with van der Waals surface area (Å²) < 4.78 is 6.15. The van der Waals surface area contributed by atoms with Crippen LogP contribution in [0, 0.1) is 0 Å². The van der Waals surface area contributed by atoms with Gasteiger partial charge in [-0.3, -0.25) is 9.78 Å². The standard InChI is InChI=1S/C25H29N7O2/c1-15-14-34-17(12-31-8-2-3-9-31)13-32(15)16-4-5-19-20(10-16)29-24(28-19)22-23(26)18-6-7-27-11-21(18)30-25(22)33/h4-7,10-11,15,17H,2-3,8-9,12-14H2,1H3,(H,28,29)(H3,26,30,33)/t15-,17-/m1/s1. The number of benzene rings is 1. The Morgan fingerprint density at radius 2 is 2.03 bits per heavy atom. The molecule has 0 aliphatic carbocycles. The minimum Gasteiger partial charge on any atom is -0.397 e. The second kappa shape index (κ2) is 8.41. The van der Waals surface area contributed by atoms with Gasteiger partial charge in [-0.15, -0.1) is 0 Å². The van der Waals surface area contributed by atoms with Crippen LogP contribution < -0.4 is 16.2 Å². The summed E-state index contributed by atoms with van der Waals surface area (Å²) in [4.78, 5) is 32.7. The molecular formula is C25H29N7O2. The van der Waals surface area contributed by atoms with Gasteiger partial charge in [0.15, 0.2) is 0 Å². The van der Waals surface area contributed by atoms with Crippen molar-refractivity contribution in [2.45, 2.75) is 31.9 Å². The second-order valence-electron chi connectivity index (χ2n) is 9.42. The van der Waals surface area contributed by atoms with E-state index < -0.39 is 0 Å². The molecule has 0 amide bonds. The molecule has 1 aromatic carbocycles. The second-order valence-corrected chi connectivity index (χ2v) is 9.42. The molecule has 0 unspecified atom stereocenters. The molecular weight excluding hydrogens is 430 g/mol. The molecule has 9 nitrogen and oxygen atoms in total. The number of hydrogen-bond acceptors (Lipinski definition) is 7. The van der Waals surface area contributed by atoms with Crippen molar-refractivity contribution in [1.82, 2.24) is 24.8 Å². The van der Waals surface area contributed by atoms with Crippen LogP contribution in [-0.4, -0.2) is 69.8 Å². The van der Waals surface area contributed by atoms with E-state index in [1.807, 2.05) is 6.07 Å². The van der Waals surface area contributed by atoms with Crippen LogP contribution in [-0.2, 0) is 4.74 Å². The fourth-order valence-electron chi connectivity index (χ4n) is 5.24. The lowest BCUT2D eigenvalue weighted by Gasteiger charge is -2.40. The van der Waals surface area contributed by atoms with Crippen LogP contribution in [0.25, 0.3) is 33.3 Å². The van der Waals surface area contributed by atoms with Crippen molar-refractivity contribution in [3.8, 4) is 11.4 Å². The Hall–Kier alpha value is -3.43. The number of ether oxygens (including phenoxy) is 1. The van der Waals surface area contributed by atoms with E-state index in [9.17, 15) is 4.79 Å². The lowest BCUT2D eigenvalue weighted by molar-refractivity contribution is 0.00482. The predicted octanol–water partition coefficient (Wildman–Crippen LogP) is 2.74. The first-order valence-electron chi connectivity index (χ1n) is 11.9. The molecule has 34 heavy (non-hydrogen) atoms. The van der Waals surface area contributed by atoms with Gasteiger partial charge in [0, 0.05) is 36.4 Å². The molecule has 4 aromatic rings. The molecule has 2 aliphatic rings. The number of imidazole rings is 1. The quantitative estimate of drug-likeness (QED) is 0.430. The van der Waals surface area contributed by atoms with Crippen LogP contribution in [0.5, 0.6) is 0 Å². The average Bonchev–Trinajstić information content (AvgIpc) is 3.49. The van der Waals surface area contributed by atoms with Crippen molar-refractivity contribution in [2.75, 3.05) is 43.4 Å². The highest BCUT2D eigenvalue weighted by Gasteiger charge is 2.29. The van der Waals surface area contributed by atoms with Crippen molar-refractivity contribution in [2.24, 2.45) is 0 Å². The van der Waals surface area contributed by atoms with Crippen LogP contribution in [0.4, 0.5) is 11.4 Å². The zero-order chi connectivity index (χ0) is 23.2. The van der Waals surface area contributed by atoms with Gasteiger partial charge in [-0.25, -0.2) is 4.98 Å². The number of hydrogen-bond donors (Lipinski definition) is 3. The fraction of sp³-hybridized carbons (Fsp3) is 0.400. The molecule has 6 rings (SSSR count). The number of aromatic nitrogens is 4. The number of anilines is 2. The number of nitrogens with zero attached hydrogens (tertiary/aromatic N) is 4. The third-order valence-corrected chi connectivity index (χ3v) is 7.06. The van der Waals surface area contributed by atoms with Gasteiger partial charge in [0.05, 0.1) is 41.1 Å². The van der Waals surface area contributed by atoms with E-state index in [0.717, 1.165) is 35.2 Å². The normalized spacial score (nSPS) is 21.6. The van der Waals surface area contributed by atoms with Crippen molar-refractivity contribution >= 4 is 33.3 Å². The first-order valence-corrected chi connectivity index (χ1v) is 11.9. The van der Waals surface area contributed by atoms with Crippen molar-refractivity contribution in [3.63, 3.8) is 0 Å². The molecule has 0 bridgehead atoms. The minimum absolute atomic E-state index is 0.202. The minimum atomic E-state index is -0.288. The molecule has 0 spiro atoms. The van der Waals surface area contributed by atoms with Crippen molar-refractivity contribution in [1.29, 1.82) is 0 Å². The Morgan fingerprint density at radius 1 is 1.18 bits per heavy atom. The Bertz CT molecular complexity index is 1410. The van der Waals surface area contributed by atoms with Crippen LogP contribution in [0.3, 0.4) is 0 Å². The van der Waals surface area contributed by atoms with Gasteiger partial charge in [-0.05, 0) is 57.1 Å². The number of H-pyrrole nitrogens is 2. The van der Waals surface area contributed by atoms with Crippen molar-refractivity contribution < 1.29 is 4.74 Å². The molecule has 2 aliphatic heterocycles. The molecule has 176 valence electrons. The van der Waals surface area contributed by atoms with Crippen LogP contribution in [0.2, 0.25) is 0 Å². The number of nitrogens with one attached hydrogen (secondary N) is 2. The van der Waals surface area contributed by atoms with E-state index in [4.69, 9.17) is 10.5 Å². The van der Waals surface area contributed by atoms with Gasteiger partial charge in [-0.1, -0.05) is 0 Å². The number of rotatable bonds is 4. The average molecular weight is 460 g/mol. The zero-order valence-corrected chi connectivity index (χ0v) is 19.3. The molecule has 4 N–H and O–H groups in total. The Kier molecular flexibility index (Phi) is 5.23. The predicted molar refractivity (Wildman–Crippen MR) is 134 cm³/mol. The number of nitrogen functional groups attached to an aromatic ring is 1. The number of aromatic amines is 2. The Morgan fingerprint density at radius 3 is 2.88 bits per heavy atom. The third-order valence-electron chi connectivity index (χ3n) is 7.06. The summed E-state index contributed by atoms with van der Waals surface area (Å²) in [5, 5.41) is 0.747. The van der Waals surface area contributed by atoms with Gasteiger partial charge in [-0.2, -0.15) is 0 Å². The summed E-state index contributed by atoms with van der Waals surface area (Å²) in [7, 11) is 0. The van der Waals surface area contributed by atoms with Gasteiger partial charge < -0.3 is 30.2 Å². The summed E-state index contributed by atoms with van der Waals surface area (Å²) in [5.41, 5.74) is 10.2. The largest absolute Gasteiger partial charge is 0.397 e. The third kappa shape index (κ3) is 3.70. The number of morpholine rings is 1. The summed E-state index contributed by atoms with van der Waals surface area (Å²) in [6, 6.07) is 8.28. The van der Waals surface area contributed by atoms with Crippen LogP contribution >= 0.6 is 0 Å². The summed E-state index contributed by atoms with van der Waals surface area (Å²) >= 11 is 0. The van der Waals surface area contributed by atoms with E-state index in [-0.39, 0.29) is 17.7 Å². The van der Waals surface area contributed by atoms with Crippen LogP contribution in [0.15, 0.2) is 41.5 Å². The van der Waals surface area contributed by atoms with E-state index in [1.54, 1.807) is 18.5 Å². The van der Waals surface area contributed by atoms with E-state index in [2.05, 4.69) is 48.8 Å².